The summed E-state index contributed by atoms with van der Waals surface area (Å²) in [5.74, 6) is 0. The number of amides is 1. The SMILES string of the molecule is CCCCOCCCNC(=S)NCCNC(=O)OC(C)(C)C. The number of unbranched alkanes of at least 4 members (excludes halogenated alkanes) is 1. The average molecular weight is 333 g/mol. The number of carbonyl (C=O) groups excluding carboxylic acids is 1. The molecule has 130 valence electrons. The van der Waals surface area contributed by atoms with E-state index in [0.29, 0.717) is 18.2 Å². The molecular formula is C15H31N3O3S. The van der Waals surface area contributed by atoms with Crippen LogP contribution in [0.1, 0.15) is 47.0 Å². The van der Waals surface area contributed by atoms with E-state index in [1.54, 1.807) is 0 Å². The number of alkyl carbamates (subject to hydrolysis) is 1. The van der Waals surface area contributed by atoms with Crippen LogP contribution in [0.3, 0.4) is 0 Å². The highest BCUT2D eigenvalue weighted by Gasteiger charge is 2.15. The number of rotatable bonds is 10. The monoisotopic (exact) mass is 333 g/mol. The summed E-state index contributed by atoms with van der Waals surface area (Å²) in [6.07, 6.45) is 2.76. The molecule has 0 bridgehead atoms. The fourth-order valence-electron chi connectivity index (χ4n) is 1.44. The van der Waals surface area contributed by atoms with Gasteiger partial charge in [0.05, 0.1) is 0 Å². The Kier molecular flexibility index (Phi) is 11.9. The summed E-state index contributed by atoms with van der Waals surface area (Å²) in [6, 6.07) is 0. The summed E-state index contributed by atoms with van der Waals surface area (Å²) < 4.78 is 10.6. The van der Waals surface area contributed by atoms with Crippen LogP contribution in [0.4, 0.5) is 4.79 Å². The van der Waals surface area contributed by atoms with E-state index in [1.165, 1.54) is 0 Å². The number of hydrogen-bond donors (Lipinski definition) is 3. The molecule has 6 nitrogen and oxygen atoms in total. The molecule has 0 aromatic heterocycles. The van der Waals surface area contributed by atoms with Gasteiger partial charge in [-0.1, -0.05) is 13.3 Å². The summed E-state index contributed by atoms with van der Waals surface area (Å²) in [5.41, 5.74) is -0.479. The maximum absolute atomic E-state index is 11.4. The predicted octanol–water partition coefficient (Wildman–Crippen LogP) is 2.18. The van der Waals surface area contributed by atoms with Gasteiger partial charge in [0, 0.05) is 32.8 Å². The smallest absolute Gasteiger partial charge is 0.407 e. The summed E-state index contributed by atoms with van der Waals surface area (Å²) in [6.45, 7) is 11.0. The first-order valence-electron chi connectivity index (χ1n) is 7.91. The molecule has 0 unspecified atom stereocenters. The van der Waals surface area contributed by atoms with Gasteiger partial charge in [-0.2, -0.15) is 0 Å². The summed E-state index contributed by atoms with van der Waals surface area (Å²) in [4.78, 5) is 11.4. The Morgan fingerprint density at radius 2 is 1.59 bits per heavy atom. The Hall–Kier alpha value is -1.08. The highest BCUT2D eigenvalue weighted by molar-refractivity contribution is 7.80. The van der Waals surface area contributed by atoms with Crippen LogP contribution in [0.2, 0.25) is 0 Å². The van der Waals surface area contributed by atoms with Gasteiger partial charge in [-0.3, -0.25) is 0 Å². The Balaban J connectivity index is 3.41. The lowest BCUT2D eigenvalue weighted by Crippen LogP contribution is -2.41. The molecule has 0 saturated carbocycles. The second-order valence-electron chi connectivity index (χ2n) is 5.93. The molecule has 0 heterocycles. The van der Waals surface area contributed by atoms with E-state index in [4.69, 9.17) is 21.7 Å². The van der Waals surface area contributed by atoms with E-state index in [-0.39, 0.29) is 0 Å². The molecule has 0 aromatic rings. The predicted molar refractivity (Wildman–Crippen MR) is 93.2 cm³/mol. The van der Waals surface area contributed by atoms with Crippen molar-refractivity contribution in [1.29, 1.82) is 0 Å². The van der Waals surface area contributed by atoms with Gasteiger partial charge in [0.1, 0.15) is 5.60 Å². The zero-order valence-electron chi connectivity index (χ0n) is 14.3. The number of nitrogens with one attached hydrogen (secondary N) is 3. The fourth-order valence-corrected chi connectivity index (χ4v) is 1.65. The number of hydrogen-bond acceptors (Lipinski definition) is 4. The molecule has 0 aromatic carbocycles. The van der Waals surface area contributed by atoms with Gasteiger partial charge in [0.2, 0.25) is 0 Å². The molecular weight excluding hydrogens is 302 g/mol. The molecule has 22 heavy (non-hydrogen) atoms. The highest BCUT2D eigenvalue weighted by Crippen LogP contribution is 2.05. The Bertz CT molecular complexity index is 320. The van der Waals surface area contributed by atoms with Crippen LogP contribution in [0.15, 0.2) is 0 Å². The first-order valence-corrected chi connectivity index (χ1v) is 8.32. The molecule has 0 aliphatic rings. The minimum atomic E-state index is -0.479. The molecule has 0 radical (unpaired) electrons. The maximum Gasteiger partial charge on any atom is 0.407 e. The minimum absolute atomic E-state index is 0.419. The van der Waals surface area contributed by atoms with E-state index < -0.39 is 11.7 Å². The molecule has 1 amide bonds. The second-order valence-corrected chi connectivity index (χ2v) is 6.34. The van der Waals surface area contributed by atoms with Crippen molar-refractivity contribution in [3.8, 4) is 0 Å². The summed E-state index contributed by atoms with van der Waals surface area (Å²) >= 11 is 5.13. The van der Waals surface area contributed by atoms with Crippen LogP contribution in [0, 0.1) is 0 Å². The molecule has 0 saturated heterocycles. The van der Waals surface area contributed by atoms with Gasteiger partial charge in [0.25, 0.3) is 0 Å². The van der Waals surface area contributed by atoms with E-state index in [2.05, 4.69) is 22.9 Å². The normalized spacial score (nSPS) is 10.9. The Morgan fingerprint density at radius 3 is 2.23 bits per heavy atom. The number of thiocarbonyl (C=S) groups is 1. The first-order chi connectivity index (χ1) is 10.3. The fraction of sp³-hybridized carbons (Fsp3) is 0.867. The van der Waals surface area contributed by atoms with Gasteiger partial charge in [-0.25, -0.2) is 4.79 Å². The third kappa shape index (κ3) is 15.3. The first kappa shape index (κ1) is 20.9. The molecule has 0 fully saturated rings. The van der Waals surface area contributed by atoms with Crippen molar-refractivity contribution in [3.63, 3.8) is 0 Å². The minimum Gasteiger partial charge on any atom is -0.444 e. The molecule has 0 rings (SSSR count). The van der Waals surface area contributed by atoms with Crippen molar-refractivity contribution in [1.82, 2.24) is 16.0 Å². The van der Waals surface area contributed by atoms with Crippen LogP contribution in [-0.4, -0.2) is 49.7 Å². The van der Waals surface area contributed by atoms with E-state index in [1.807, 2.05) is 20.8 Å². The maximum atomic E-state index is 11.4. The van der Waals surface area contributed by atoms with Crippen LogP contribution >= 0.6 is 12.2 Å². The lowest BCUT2D eigenvalue weighted by Gasteiger charge is -2.19. The molecule has 0 aliphatic heterocycles. The lowest BCUT2D eigenvalue weighted by atomic mass is 10.2. The van der Waals surface area contributed by atoms with Gasteiger partial charge in [-0.15, -0.1) is 0 Å². The van der Waals surface area contributed by atoms with Crippen LogP contribution in [0.25, 0.3) is 0 Å². The zero-order valence-corrected chi connectivity index (χ0v) is 15.1. The van der Waals surface area contributed by atoms with Crippen LogP contribution in [-0.2, 0) is 9.47 Å². The van der Waals surface area contributed by atoms with Crippen molar-refractivity contribution in [2.75, 3.05) is 32.8 Å². The standard InChI is InChI=1S/C15H31N3O3S/c1-5-6-11-20-12-7-8-16-13(22)17-9-10-18-14(19)21-15(2,3)4/h5-12H2,1-4H3,(H,18,19)(H2,16,17,22). The highest BCUT2D eigenvalue weighted by atomic mass is 32.1. The summed E-state index contributed by atoms with van der Waals surface area (Å²) in [5, 5.41) is 9.36. The van der Waals surface area contributed by atoms with E-state index >= 15 is 0 Å². The van der Waals surface area contributed by atoms with Crippen LogP contribution in [0.5, 0.6) is 0 Å². The quantitative estimate of drug-likeness (QED) is 0.420. The van der Waals surface area contributed by atoms with Gasteiger partial charge < -0.3 is 25.4 Å². The number of carbonyl (C=O) groups is 1. The Labute approximate surface area is 139 Å². The van der Waals surface area contributed by atoms with Crippen molar-refractivity contribution < 1.29 is 14.3 Å². The average Bonchev–Trinajstić information content (AvgIpc) is 2.41. The van der Waals surface area contributed by atoms with Crippen molar-refractivity contribution in [2.24, 2.45) is 0 Å². The third-order valence-electron chi connectivity index (χ3n) is 2.47. The number of ether oxygens (including phenoxy) is 2. The molecule has 3 N–H and O–H groups in total. The van der Waals surface area contributed by atoms with Crippen LogP contribution < -0.4 is 16.0 Å². The zero-order chi connectivity index (χ0) is 16.8. The van der Waals surface area contributed by atoms with E-state index in [0.717, 1.165) is 39.0 Å². The van der Waals surface area contributed by atoms with Gasteiger partial charge in [0.15, 0.2) is 5.11 Å². The van der Waals surface area contributed by atoms with Gasteiger partial charge >= 0.3 is 6.09 Å². The lowest BCUT2D eigenvalue weighted by molar-refractivity contribution is 0.0529. The summed E-state index contributed by atoms with van der Waals surface area (Å²) in [7, 11) is 0. The largest absolute Gasteiger partial charge is 0.444 e. The molecule has 0 aliphatic carbocycles. The van der Waals surface area contributed by atoms with E-state index in [9.17, 15) is 4.79 Å². The topological polar surface area (TPSA) is 71.6 Å². The molecule has 0 atom stereocenters. The third-order valence-corrected chi connectivity index (χ3v) is 2.76. The second kappa shape index (κ2) is 12.5. The molecule has 7 heteroatoms. The van der Waals surface area contributed by atoms with Crippen molar-refractivity contribution in [3.05, 3.63) is 0 Å². The van der Waals surface area contributed by atoms with Gasteiger partial charge in [-0.05, 0) is 45.8 Å². The Morgan fingerprint density at radius 1 is 1.00 bits per heavy atom. The molecule has 0 spiro atoms. The van der Waals surface area contributed by atoms with Crippen molar-refractivity contribution >= 4 is 23.4 Å². The van der Waals surface area contributed by atoms with Crippen molar-refractivity contribution in [2.45, 2.75) is 52.6 Å².